The van der Waals surface area contributed by atoms with Crippen molar-refractivity contribution in [3.8, 4) is 5.75 Å². The number of rotatable bonds is 3. The number of benzene rings is 1. The van der Waals surface area contributed by atoms with Gasteiger partial charge in [0.05, 0.1) is 0 Å². The summed E-state index contributed by atoms with van der Waals surface area (Å²) in [5.74, 6) is 0.630. The molecule has 0 spiro atoms. The average molecular weight is 213 g/mol. The van der Waals surface area contributed by atoms with Gasteiger partial charge in [0.1, 0.15) is 5.75 Å². The Kier molecular flexibility index (Phi) is 2.38. The molecule has 82 valence electrons. The lowest BCUT2D eigenvalue weighted by molar-refractivity contribution is -0.0498. The first-order valence-electron chi connectivity index (χ1n) is 4.86. The van der Waals surface area contributed by atoms with Gasteiger partial charge in [-0.3, -0.25) is 0 Å². The minimum atomic E-state index is -2.78. The smallest absolute Gasteiger partial charge is 0.387 e. The van der Waals surface area contributed by atoms with Crippen molar-refractivity contribution >= 4 is 0 Å². The number of ether oxygens (including phenoxy) is 1. The lowest BCUT2D eigenvalue weighted by Crippen LogP contribution is -2.21. The third-order valence-corrected chi connectivity index (χ3v) is 2.98. The predicted molar refractivity (Wildman–Crippen MR) is 52.7 cm³/mol. The molecule has 0 aliphatic heterocycles. The molecule has 0 bridgehead atoms. The second-order valence-electron chi connectivity index (χ2n) is 4.05. The van der Waals surface area contributed by atoms with E-state index in [1.54, 1.807) is 12.1 Å². The molecule has 1 aliphatic rings. The fraction of sp³-hybridized carbons (Fsp3) is 0.455. The van der Waals surface area contributed by atoms with Crippen molar-refractivity contribution in [1.29, 1.82) is 0 Å². The Morgan fingerprint density at radius 2 is 1.93 bits per heavy atom. The van der Waals surface area contributed by atoms with Gasteiger partial charge in [-0.25, -0.2) is 0 Å². The van der Waals surface area contributed by atoms with E-state index in [4.69, 9.17) is 5.73 Å². The molecular formula is C11H13F2NO. The SMILES string of the molecule is CC1CC1(N)c1ccc(OC(F)F)cc1. The Bertz CT molecular complexity index is 352. The fourth-order valence-electron chi connectivity index (χ4n) is 1.80. The van der Waals surface area contributed by atoms with Crippen LogP contribution in [-0.4, -0.2) is 6.61 Å². The summed E-state index contributed by atoms with van der Waals surface area (Å²) in [6, 6.07) is 6.56. The van der Waals surface area contributed by atoms with Gasteiger partial charge in [-0.05, 0) is 30.0 Å². The molecule has 1 aliphatic carbocycles. The first kappa shape index (κ1) is 10.4. The predicted octanol–water partition coefficient (Wildman–Crippen LogP) is 2.48. The van der Waals surface area contributed by atoms with E-state index in [2.05, 4.69) is 11.7 Å². The van der Waals surface area contributed by atoms with E-state index < -0.39 is 6.61 Å². The molecule has 0 radical (unpaired) electrons. The maximum atomic E-state index is 11.9. The van der Waals surface area contributed by atoms with Crippen molar-refractivity contribution in [2.24, 2.45) is 11.7 Å². The van der Waals surface area contributed by atoms with E-state index in [0.717, 1.165) is 12.0 Å². The molecule has 0 aromatic heterocycles. The van der Waals surface area contributed by atoms with Gasteiger partial charge in [-0.1, -0.05) is 19.1 Å². The number of halogens is 2. The van der Waals surface area contributed by atoms with Crippen LogP contribution in [0.25, 0.3) is 0 Å². The first-order chi connectivity index (χ1) is 7.02. The van der Waals surface area contributed by atoms with Gasteiger partial charge in [-0.2, -0.15) is 8.78 Å². The van der Waals surface area contributed by atoms with Crippen molar-refractivity contribution in [2.45, 2.75) is 25.5 Å². The summed E-state index contributed by atoms with van der Waals surface area (Å²) in [5.41, 5.74) is 6.80. The van der Waals surface area contributed by atoms with E-state index in [9.17, 15) is 8.78 Å². The van der Waals surface area contributed by atoms with Gasteiger partial charge in [0, 0.05) is 5.54 Å². The zero-order valence-corrected chi connectivity index (χ0v) is 8.41. The molecule has 1 aromatic rings. The van der Waals surface area contributed by atoms with Crippen LogP contribution in [0.5, 0.6) is 5.75 Å². The third-order valence-electron chi connectivity index (χ3n) is 2.98. The van der Waals surface area contributed by atoms with Gasteiger partial charge in [0.15, 0.2) is 0 Å². The second-order valence-corrected chi connectivity index (χ2v) is 4.05. The summed E-state index contributed by atoms with van der Waals surface area (Å²) < 4.78 is 28.0. The van der Waals surface area contributed by atoms with Crippen LogP contribution in [0.3, 0.4) is 0 Å². The molecule has 4 heteroatoms. The standard InChI is InChI=1S/C11H13F2NO/c1-7-6-11(7,14)8-2-4-9(5-3-8)15-10(12)13/h2-5,7,10H,6,14H2,1H3. The molecule has 2 N–H and O–H groups in total. The van der Waals surface area contributed by atoms with Crippen molar-refractivity contribution < 1.29 is 13.5 Å². The van der Waals surface area contributed by atoms with E-state index >= 15 is 0 Å². The van der Waals surface area contributed by atoms with Crippen LogP contribution >= 0.6 is 0 Å². The molecule has 0 saturated heterocycles. The van der Waals surface area contributed by atoms with Crippen molar-refractivity contribution in [1.82, 2.24) is 0 Å². The van der Waals surface area contributed by atoms with Gasteiger partial charge in [0.25, 0.3) is 0 Å². The molecule has 1 saturated carbocycles. The van der Waals surface area contributed by atoms with Crippen LogP contribution < -0.4 is 10.5 Å². The largest absolute Gasteiger partial charge is 0.435 e. The highest BCUT2D eigenvalue weighted by atomic mass is 19.3. The number of hydrogen-bond donors (Lipinski definition) is 1. The first-order valence-corrected chi connectivity index (χ1v) is 4.86. The highest BCUT2D eigenvalue weighted by Crippen LogP contribution is 2.49. The van der Waals surface area contributed by atoms with Crippen molar-refractivity contribution in [3.05, 3.63) is 29.8 Å². The van der Waals surface area contributed by atoms with Crippen molar-refractivity contribution in [2.75, 3.05) is 0 Å². The van der Waals surface area contributed by atoms with Gasteiger partial charge in [0.2, 0.25) is 0 Å². The maximum absolute atomic E-state index is 11.9. The third kappa shape index (κ3) is 1.95. The summed E-state index contributed by atoms with van der Waals surface area (Å²) in [4.78, 5) is 0. The van der Waals surface area contributed by atoms with E-state index in [0.29, 0.717) is 5.92 Å². The molecule has 0 amide bonds. The summed E-state index contributed by atoms with van der Waals surface area (Å²) in [6.07, 6.45) is 0.946. The van der Waals surface area contributed by atoms with Crippen LogP contribution in [0, 0.1) is 5.92 Å². The molecule has 2 unspecified atom stereocenters. The Morgan fingerprint density at radius 3 is 2.33 bits per heavy atom. The number of alkyl halides is 2. The molecule has 15 heavy (non-hydrogen) atoms. The minimum Gasteiger partial charge on any atom is -0.435 e. The Morgan fingerprint density at radius 1 is 1.40 bits per heavy atom. The molecule has 2 nitrogen and oxygen atoms in total. The summed E-state index contributed by atoms with van der Waals surface area (Å²) in [6.45, 7) is -0.702. The van der Waals surface area contributed by atoms with E-state index in [1.165, 1.54) is 12.1 Å². The zero-order chi connectivity index (χ0) is 11.1. The highest BCUT2D eigenvalue weighted by Gasteiger charge is 2.48. The molecular weight excluding hydrogens is 200 g/mol. The Hall–Kier alpha value is -1.16. The molecule has 1 fully saturated rings. The molecule has 0 heterocycles. The lowest BCUT2D eigenvalue weighted by Gasteiger charge is -2.11. The fourth-order valence-corrected chi connectivity index (χ4v) is 1.80. The number of nitrogens with two attached hydrogens (primary N) is 1. The maximum Gasteiger partial charge on any atom is 0.387 e. The topological polar surface area (TPSA) is 35.2 Å². The van der Waals surface area contributed by atoms with Crippen molar-refractivity contribution in [3.63, 3.8) is 0 Å². The van der Waals surface area contributed by atoms with Crippen LogP contribution in [0.2, 0.25) is 0 Å². The molecule has 2 atom stereocenters. The molecule has 1 aromatic carbocycles. The summed E-state index contributed by atoms with van der Waals surface area (Å²) in [5, 5.41) is 0. The Labute approximate surface area is 87.0 Å². The van der Waals surface area contributed by atoms with Crippen LogP contribution in [0.4, 0.5) is 8.78 Å². The van der Waals surface area contributed by atoms with Crippen LogP contribution in [0.15, 0.2) is 24.3 Å². The molecule has 2 rings (SSSR count). The summed E-state index contributed by atoms with van der Waals surface area (Å²) >= 11 is 0. The lowest BCUT2D eigenvalue weighted by atomic mass is 10.0. The van der Waals surface area contributed by atoms with Crippen LogP contribution in [-0.2, 0) is 5.54 Å². The monoisotopic (exact) mass is 213 g/mol. The zero-order valence-electron chi connectivity index (χ0n) is 8.41. The second kappa shape index (κ2) is 3.45. The summed E-state index contributed by atoms with van der Waals surface area (Å²) in [7, 11) is 0. The normalized spacial score (nSPS) is 29.3. The minimum absolute atomic E-state index is 0.172. The van der Waals surface area contributed by atoms with E-state index in [1.807, 2.05) is 0 Å². The number of hydrogen-bond acceptors (Lipinski definition) is 2. The van der Waals surface area contributed by atoms with Gasteiger partial charge < -0.3 is 10.5 Å². The average Bonchev–Trinajstić information content (AvgIpc) is 2.76. The Balaban J connectivity index is 2.11. The van der Waals surface area contributed by atoms with E-state index in [-0.39, 0.29) is 11.3 Å². The quantitative estimate of drug-likeness (QED) is 0.837. The van der Waals surface area contributed by atoms with Crippen LogP contribution in [0.1, 0.15) is 18.9 Å². The van der Waals surface area contributed by atoms with Gasteiger partial charge in [-0.15, -0.1) is 0 Å². The van der Waals surface area contributed by atoms with Gasteiger partial charge >= 0.3 is 6.61 Å². The highest BCUT2D eigenvalue weighted by molar-refractivity contribution is 5.36.